The van der Waals surface area contributed by atoms with Crippen LogP contribution in [0.3, 0.4) is 0 Å². The first-order valence-electron chi connectivity index (χ1n) is 11.4. The first-order valence-corrected chi connectivity index (χ1v) is 12.3. The number of thiophene rings is 1. The van der Waals surface area contributed by atoms with Crippen LogP contribution in [0.5, 0.6) is 11.5 Å². The summed E-state index contributed by atoms with van der Waals surface area (Å²) in [5.74, 6) is 2.65. The van der Waals surface area contributed by atoms with Crippen molar-refractivity contribution in [1.82, 2.24) is 4.90 Å². The zero-order valence-corrected chi connectivity index (χ0v) is 21.1. The second kappa shape index (κ2) is 11.6. The smallest absolute Gasteiger partial charge is 0.173 e. The Bertz CT molecular complexity index is 1120. The maximum atomic E-state index is 12.1. The van der Waals surface area contributed by atoms with Crippen molar-refractivity contribution in [1.29, 1.82) is 0 Å². The molecule has 1 N–H and O–H groups in total. The second-order valence-corrected chi connectivity index (χ2v) is 9.05. The molecule has 0 amide bonds. The summed E-state index contributed by atoms with van der Waals surface area (Å²) in [6, 6.07) is 20.7. The molecule has 0 fully saturated rings. The predicted molar refractivity (Wildman–Crippen MR) is 137 cm³/mol. The van der Waals surface area contributed by atoms with Crippen LogP contribution in [0.4, 0.5) is 0 Å². The number of hydrogen-bond donors (Lipinski definition) is 1. The summed E-state index contributed by atoms with van der Waals surface area (Å²) in [6.07, 6.45) is 0. The van der Waals surface area contributed by atoms with Gasteiger partial charge in [0, 0.05) is 20.2 Å². The SMILES string of the molecule is COCCN(Cc1ccsc1)Cc1ccc(C(O)(c2ccc(OC)cc2)c2ccc(OC)cc2)o1. The van der Waals surface area contributed by atoms with Crippen LogP contribution in [0.25, 0.3) is 0 Å². The largest absolute Gasteiger partial charge is 0.497 e. The highest BCUT2D eigenvalue weighted by atomic mass is 32.1. The Morgan fingerprint density at radius 1 is 0.829 bits per heavy atom. The fraction of sp³-hybridized carbons (Fsp3) is 0.286. The molecule has 7 heteroatoms. The van der Waals surface area contributed by atoms with E-state index in [2.05, 4.69) is 21.7 Å². The number of furan rings is 1. The van der Waals surface area contributed by atoms with E-state index in [0.717, 1.165) is 18.8 Å². The maximum Gasteiger partial charge on any atom is 0.173 e. The van der Waals surface area contributed by atoms with Gasteiger partial charge in [-0.05, 0) is 69.9 Å². The Hall–Kier alpha value is -3.10. The topological polar surface area (TPSA) is 64.3 Å². The van der Waals surface area contributed by atoms with Gasteiger partial charge in [0.25, 0.3) is 0 Å². The van der Waals surface area contributed by atoms with Gasteiger partial charge in [-0.25, -0.2) is 0 Å². The van der Waals surface area contributed by atoms with Crippen molar-refractivity contribution < 1.29 is 23.7 Å². The minimum absolute atomic E-state index is 0.449. The van der Waals surface area contributed by atoms with Crippen LogP contribution in [-0.4, -0.2) is 44.5 Å². The second-order valence-electron chi connectivity index (χ2n) is 8.27. The molecule has 0 atom stereocenters. The molecule has 2 aromatic heterocycles. The number of ether oxygens (including phenoxy) is 3. The molecule has 0 saturated carbocycles. The van der Waals surface area contributed by atoms with Gasteiger partial charge in [-0.15, -0.1) is 0 Å². The summed E-state index contributed by atoms with van der Waals surface area (Å²) in [7, 11) is 4.95. The first-order chi connectivity index (χ1) is 17.1. The van der Waals surface area contributed by atoms with Crippen molar-refractivity contribution in [2.45, 2.75) is 18.7 Å². The van der Waals surface area contributed by atoms with Gasteiger partial charge in [0.15, 0.2) is 5.60 Å². The lowest BCUT2D eigenvalue weighted by Crippen LogP contribution is -2.28. The molecule has 2 aromatic carbocycles. The molecule has 35 heavy (non-hydrogen) atoms. The number of nitrogens with zero attached hydrogens (tertiary/aromatic N) is 1. The Morgan fingerprint density at radius 2 is 1.46 bits per heavy atom. The van der Waals surface area contributed by atoms with Gasteiger partial charge in [0.05, 0.1) is 27.4 Å². The van der Waals surface area contributed by atoms with Crippen molar-refractivity contribution >= 4 is 11.3 Å². The van der Waals surface area contributed by atoms with Gasteiger partial charge in [-0.3, -0.25) is 4.90 Å². The number of hydrogen-bond acceptors (Lipinski definition) is 7. The number of benzene rings is 2. The van der Waals surface area contributed by atoms with E-state index in [1.807, 2.05) is 60.7 Å². The van der Waals surface area contributed by atoms with E-state index in [9.17, 15) is 5.11 Å². The lowest BCUT2D eigenvalue weighted by molar-refractivity contribution is 0.0931. The van der Waals surface area contributed by atoms with Crippen LogP contribution in [0.15, 0.2) is 81.9 Å². The highest BCUT2D eigenvalue weighted by Crippen LogP contribution is 2.39. The average Bonchev–Trinajstić information content (AvgIpc) is 3.59. The van der Waals surface area contributed by atoms with Gasteiger partial charge in [0.1, 0.15) is 23.0 Å². The van der Waals surface area contributed by atoms with Crippen molar-refractivity contribution in [2.75, 3.05) is 34.5 Å². The van der Waals surface area contributed by atoms with Crippen molar-refractivity contribution in [3.8, 4) is 11.5 Å². The zero-order chi connectivity index (χ0) is 24.7. The Balaban J connectivity index is 1.66. The summed E-state index contributed by atoms with van der Waals surface area (Å²) in [5, 5.41) is 16.4. The summed E-state index contributed by atoms with van der Waals surface area (Å²) < 4.78 is 22.2. The normalized spacial score (nSPS) is 11.7. The summed E-state index contributed by atoms with van der Waals surface area (Å²) in [6.45, 7) is 2.79. The molecule has 0 unspecified atom stereocenters. The van der Waals surface area contributed by atoms with Crippen LogP contribution >= 0.6 is 11.3 Å². The molecule has 0 radical (unpaired) electrons. The van der Waals surface area contributed by atoms with Crippen LogP contribution in [0, 0.1) is 0 Å². The van der Waals surface area contributed by atoms with E-state index in [-0.39, 0.29) is 0 Å². The lowest BCUT2D eigenvalue weighted by Gasteiger charge is -2.28. The fourth-order valence-electron chi connectivity index (χ4n) is 4.07. The van der Waals surface area contributed by atoms with Crippen LogP contribution in [-0.2, 0) is 23.4 Å². The average molecular weight is 494 g/mol. The molecule has 0 aliphatic heterocycles. The van der Waals surface area contributed by atoms with E-state index in [1.54, 1.807) is 32.7 Å². The van der Waals surface area contributed by atoms with Gasteiger partial charge < -0.3 is 23.7 Å². The molecule has 6 nitrogen and oxygen atoms in total. The third-order valence-corrected chi connectivity index (χ3v) is 6.74. The van der Waals surface area contributed by atoms with Crippen molar-refractivity contribution in [3.63, 3.8) is 0 Å². The third kappa shape index (κ3) is 5.77. The summed E-state index contributed by atoms with van der Waals surface area (Å²) in [5.41, 5.74) is 1.13. The van der Waals surface area contributed by atoms with E-state index < -0.39 is 5.60 Å². The number of methoxy groups -OCH3 is 3. The van der Waals surface area contributed by atoms with E-state index in [4.69, 9.17) is 18.6 Å². The maximum absolute atomic E-state index is 12.1. The third-order valence-electron chi connectivity index (χ3n) is 6.01. The summed E-state index contributed by atoms with van der Waals surface area (Å²) in [4.78, 5) is 2.27. The van der Waals surface area contributed by atoms with E-state index >= 15 is 0 Å². The van der Waals surface area contributed by atoms with Crippen molar-refractivity contribution in [3.05, 3.63) is 106 Å². The van der Waals surface area contributed by atoms with Gasteiger partial charge in [-0.2, -0.15) is 11.3 Å². The molecular weight excluding hydrogens is 462 g/mol. The van der Waals surface area contributed by atoms with E-state index in [1.165, 1.54) is 5.56 Å². The molecule has 0 aliphatic carbocycles. The van der Waals surface area contributed by atoms with Crippen LogP contribution < -0.4 is 9.47 Å². The molecular formula is C28H31NO5S. The zero-order valence-electron chi connectivity index (χ0n) is 20.3. The minimum Gasteiger partial charge on any atom is -0.497 e. The quantitative estimate of drug-likeness (QED) is 0.289. The molecule has 4 rings (SSSR count). The van der Waals surface area contributed by atoms with Crippen LogP contribution in [0.2, 0.25) is 0 Å². The van der Waals surface area contributed by atoms with Gasteiger partial charge in [-0.1, -0.05) is 24.3 Å². The Kier molecular flexibility index (Phi) is 8.25. The number of aliphatic hydroxyl groups is 1. The number of rotatable bonds is 12. The lowest BCUT2D eigenvalue weighted by atomic mass is 9.84. The molecule has 184 valence electrons. The highest BCUT2D eigenvalue weighted by molar-refractivity contribution is 7.07. The molecule has 0 saturated heterocycles. The van der Waals surface area contributed by atoms with Crippen LogP contribution in [0.1, 0.15) is 28.2 Å². The first kappa shape index (κ1) is 25.0. The Labute approximate surface area is 210 Å². The van der Waals surface area contributed by atoms with E-state index in [0.29, 0.717) is 41.5 Å². The van der Waals surface area contributed by atoms with Gasteiger partial charge >= 0.3 is 0 Å². The standard InChI is InChI=1S/C28H31NO5S/c1-31-16-15-29(18-21-14-17-35-20-21)19-26-12-13-27(34-26)28(30,22-4-8-24(32-2)9-5-22)23-6-10-25(33-3)11-7-23/h4-14,17,20,30H,15-16,18-19H2,1-3H3. The predicted octanol–water partition coefficient (Wildman–Crippen LogP) is 5.29. The molecule has 0 aliphatic rings. The fourth-order valence-corrected chi connectivity index (χ4v) is 4.73. The van der Waals surface area contributed by atoms with Gasteiger partial charge in [0.2, 0.25) is 0 Å². The Morgan fingerprint density at radius 3 is 1.97 bits per heavy atom. The molecule has 4 aromatic rings. The molecule has 2 heterocycles. The highest BCUT2D eigenvalue weighted by Gasteiger charge is 2.37. The monoisotopic (exact) mass is 493 g/mol. The summed E-state index contributed by atoms with van der Waals surface area (Å²) >= 11 is 1.69. The minimum atomic E-state index is -1.48. The van der Waals surface area contributed by atoms with Crippen molar-refractivity contribution in [2.24, 2.45) is 0 Å². The molecule has 0 spiro atoms. The molecule has 0 bridgehead atoms.